The van der Waals surface area contributed by atoms with E-state index in [0.29, 0.717) is 0 Å². The van der Waals surface area contributed by atoms with Gasteiger partial charge in [0.2, 0.25) is 0 Å². The molecule has 1 fully saturated rings. The van der Waals surface area contributed by atoms with Crippen LogP contribution < -0.4 is 0 Å². The number of carboxylic acid groups (broad SMARTS) is 1. The Kier molecular flexibility index (Phi) is 2.56. The Balaban J connectivity index is 2.64. The van der Waals surface area contributed by atoms with Crippen molar-refractivity contribution in [3.8, 4) is 0 Å². The largest absolute Gasteiger partial charge is 0.481 e. The van der Waals surface area contributed by atoms with Crippen LogP contribution in [0.3, 0.4) is 0 Å². The maximum atomic E-state index is 11.4. The molecule has 1 heterocycles. The summed E-state index contributed by atoms with van der Waals surface area (Å²) in [5.74, 6) is -1.17. The number of hydrogen-bond acceptors (Lipinski definition) is 4. The minimum absolute atomic E-state index is 0.296. The van der Waals surface area contributed by atoms with Crippen molar-refractivity contribution in [2.75, 3.05) is 6.16 Å². The monoisotopic (exact) mass is 194 g/mol. The summed E-state index contributed by atoms with van der Waals surface area (Å²) < 4.78 is 21.3. The van der Waals surface area contributed by atoms with Crippen molar-refractivity contribution in [2.45, 2.75) is 26.1 Å². The predicted molar refractivity (Wildman–Crippen MR) is 41.2 cm³/mol. The second kappa shape index (κ2) is 3.17. The molecule has 0 aromatic carbocycles. The van der Waals surface area contributed by atoms with Crippen LogP contribution >= 0.6 is 7.60 Å². The summed E-state index contributed by atoms with van der Waals surface area (Å²) in [5, 5.41) is 8.38. The Morgan fingerprint density at radius 3 is 2.17 bits per heavy atom. The van der Waals surface area contributed by atoms with E-state index in [2.05, 4.69) is 0 Å². The quantitative estimate of drug-likeness (QED) is 0.666. The minimum Gasteiger partial charge on any atom is -0.481 e. The maximum Gasteiger partial charge on any atom is 0.342 e. The van der Waals surface area contributed by atoms with Crippen LogP contribution in [0.25, 0.3) is 0 Å². The van der Waals surface area contributed by atoms with Crippen molar-refractivity contribution >= 4 is 13.6 Å². The molecule has 5 nitrogen and oxygen atoms in total. The minimum atomic E-state index is -3.34. The fraction of sp³-hybridized carbons (Fsp3) is 0.833. The summed E-state index contributed by atoms with van der Waals surface area (Å²) in [5.41, 5.74) is 0. The van der Waals surface area contributed by atoms with Crippen LogP contribution in [0, 0.1) is 0 Å². The molecule has 0 saturated carbocycles. The normalized spacial score (nSPS) is 41.5. The molecule has 70 valence electrons. The van der Waals surface area contributed by atoms with Gasteiger partial charge < -0.3 is 14.2 Å². The summed E-state index contributed by atoms with van der Waals surface area (Å²) in [4.78, 5) is 10.2. The standard InChI is InChI=1S/C6H11O5P/c1-4-5(2)11-12(9,10-4)3-6(7)8/h4-5H,3H2,1-2H3,(H,7,8). The Morgan fingerprint density at radius 2 is 1.83 bits per heavy atom. The van der Waals surface area contributed by atoms with E-state index in [-0.39, 0.29) is 12.2 Å². The molecule has 1 rings (SSSR count). The third-order valence-corrected chi connectivity index (χ3v) is 3.61. The van der Waals surface area contributed by atoms with Crippen molar-refractivity contribution in [3.05, 3.63) is 0 Å². The van der Waals surface area contributed by atoms with Crippen molar-refractivity contribution in [2.24, 2.45) is 0 Å². The van der Waals surface area contributed by atoms with Gasteiger partial charge in [0.05, 0.1) is 12.2 Å². The van der Waals surface area contributed by atoms with Gasteiger partial charge in [-0.15, -0.1) is 0 Å². The fourth-order valence-corrected chi connectivity index (χ4v) is 2.83. The van der Waals surface area contributed by atoms with Crippen molar-refractivity contribution in [1.82, 2.24) is 0 Å². The third-order valence-electron chi connectivity index (χ3n) is 1.64. The van der Waals surface area contributed by atoms with Crippen LogP contribution in [0.4, 0.5) is 0 Å². The summed E-state index contributed by atoms with van der Waals surface area (Å²) in [6, 6.07) is 0. The van der Waals surface area contributed by atoms with E-state index in [0.717, 1.165) is 0 Å². The van der Waals surface area contributed by atoms with Gasteiger partial charge in [-0.25, -0.2) is 0 Å². The van der Waals surface area contributed by atoms with Gasteiger partial charge in [0, 0.05) is 0 Å². The second-order valence-electron chi connectivity index (χ2n) is 2.78. The molecule has 0 aromatic heterocycles. The van der Waals surface area contributed by atoms with E-state index in [1.165, 1.54) is 0 Å². The van der Waals surface area contributed by atoms with Gasteiger partial charge in [0.15, 0.2) is 0 Å². The van der Waals surface area contributed by atoms with Crippen LogP contribution in [0.1, 0.15) is 13.8 Å². The molecule has 0 bridgehead atoms. The molecule has 2 atom stereocenters. The molecule has 1 saturated heterocycles. The molecule has 1 aliphatic heterocycles. The summed E-state index contributed by atoms with van der Waals surface area (Å²) in [7, 11) is -3.34. The number of rotatable bonds is 2. The smallest absolute Gasteiger partial charge is 0.342 e. The molecule has 0 amide bonds. The highest BCUT2D eigenvalue weighted by atomic mass is 31.2. The molecular weight excluding hydrogens is 183 g/mol. The molecule has 0 radical (unpaired) electrons. The van der Waals surface area contributed by atoms with Crippen LogP contribution in [-0.2, 0) is 18.4 Å². The van der Waals surface area contributed by atoms with E-state index in [4.69, 9.17) is 14.2 Å². The van der Waals surface area contributed by atoms with Crippen molar-refractivity contribution in [1.29, 1.82) is 0 Å². The lowest BCUT2D eigenvalue weighted by molar-refractivity contribution is -0.134. The number of carbonyl (C=O) groups is 1. The van der Waals surface area contributed by atoms with Crippen LogP contribution in [0.2, 0.25) is 0 Å². The lowest BCUT2D eigenvalue weighted by Crippen LogP contribution is -2.13. The van der Waals surface area contributed by atoms with Crippen LogP contribution in [0.5, 0.6) is 0 Å². The van der Waals surface area contributed by atoms with Gasteiger partial charge in [-0.3, -0.25) is 9.36 Å². The van der Waals surface area contributed by atoms with Gasteiger partial charge in [-0.05, 0) is 13.8 Å². The first-order valence-electron chi connectivity index (χ1n) is 3.60. The zero-order chi connectivity index (χ0) is 9.35. The molecule has 12 heavy (non-hydrogen) atoms. The van der Waals surface area contributed by atoms with Gasteiger partial charge in [-0.1, -0.05) is 0 Å². The molecular formula is C6H11O5P. The molecule has 0 aliphatic carbocycles. The highest BCUT2D eigenvalue weighted by Crippen LogP contribution is 2.55. The fourth-order valence-electron chi connectivity index (χ4n) is 0.943. The number of carboxylic acids is 1. The first-order valence-corrected chi connectivity index (χ1v) is 5.33. The van der Waals surface area contributed by atoms with Crippen LogP contribution in [-0.4, -0.2) is 29.4 Å². The van der Waals surface area contributed by atoms with Crippen molar-refractivity contribution < 1.29 is 23.5 Å². The number of aliphatic carboxylic acids is 1. The zero-order valence-electron chi connectivity index (χ0n) is 6.89. The summed E-state index contributed by atoms with van der Waals surface area (Å²) in [6.45, 7) is 3.40. The van der Waals surface area contributed by atoms with Crippen LogP contribution in [0.15, 0.2) is 0 Å². The highest BCUT2D eigenvalue weighted by Gasteiger charge is 2.41. The first kappa shape index (κ1) is 9.71. The molecule has 2 unspecified atom stereocenters. The molecule has 6 heteroatoms. The predicted octanol–water partition coefficient (Wildman–Crippen LogP) is 1.09. The number of hydrogen-bond donors (Lipinski definition) is 1. The van der Waals surface area contributed by atoms with Crippen molar-refractivity contribution in [3.63, 3.8) is 0 Å². The maximum absolute atomic E-state index is 11.4. The van der Waals surface area contributed by atoms with E-state index < -0.39 is 19.7 Å². The average molecular weight is 194 g/mol. The average Bonchev–Trinajstić information content (AvgIpc) is 2.04. The van der Waals surface area contributed by atoms with E-state index in [1.807, 2.05) is 0 Å². The summed E-state index contributed by atoms with van der Waals surface area (Å²) in [6.07, 6.45) is -1.15. The SMILES string of the molecule is CC1OP(=O)(CC(=O)O)OC1C. The molecule has 1 N–H and O–H groups in total. The van der Waals surface area contributed by atoms with E-state index >= 15 is 0 Å². The lowest BCUT2D eigenvalue weighted by atomic mass is 10.3. The Bertz CT molecular complexity index is 224. The first-order chi connectivity index (χ1) is 5.43. The Morgan fingerprint density at radius 1 is 1.42 bits per heavy atom. The second-order valence-corrected chi connectivity index (χ2v) is 4.74. The van der Waals surface area contributed by atoms with E-state index in [1.54, 1.807) is 13.8 Å². The highest BCUT2D eigenvalue weighted by molar-refractivity contribution is 7.55. The van der Waals surface area contributed by atoms with Gasteiger partial charge in [-0.2, -0.15) is 0 Å². The molecule has 0 aromatic rings. The third kappa shape index (κ3) is 2.06. The lowest BCUT2D eigenvalue weighted by Gasteiger charge is -2.05. The summed E-state index contributed by atoms with van der Waals surface area (Å²) >= 11 is 0. The molecule has 1 aliphatic rings. The van der Waals surface area contributed by atoms with Gasteiger partial charge in [0.25, 0.3) is 0 Å². The van der Waals surface area contributed by atoms with Gasteiger partial charge in [0.1, 0.15) is 6.16 Å². The van der Waals surface area contributed by atoms with E-state index in [9.17, 15) is 9.36 Å². The zero-order valence-corrected chi connectivity index (χ0v) is 7.78. The Labute approximate surface area is 70.2 Å². The topological polar surface area (TPSA) is 72.8 Å². The Hall–Kier alpha value is -0.380. The van der Waals surface area contributed by atoms with Gasteiger partial charge >= 0.3 is 13.6 Å². The molecule has 0 spiro atoms.